The molecule has 1 N–H and O–H groups in total. The van der Waals surface area contributed by atoms with E-state index in [2.05, 4.69) is 10.2 Å². The van der Waals surface area contributed by atoms with Crippen molar-refractivity contribution in [3.05, 3.63) is 46.5 Å². The molecule has 1 fully saturated rings. The minimum absolute atomic E-state index is 0.0146. The highest BCUT2D eigenvalue weighted by Crippen LogP contribution is 2.24. The molecule has 1 atom stereocenters. The summed E-state index contributed by atoms with van der Waals surface area (Å²) in [6, 6.07) is 5.85. The van der Waals surface area contributed by atoms with E-state index < -0.39 is 0 Å². The summed E-state index contributed by atoms with van der Waals surface area (Å²) in [5, 5.41) is 6.82. The lowest BCUT2D eigenvalue weighted by Gasteiger charge is -2.33. The highest BCUT2D eigenvalue weighted by atomic mass is 32.2. The van der Waals surface area contributed by atoms with E-state index in [-0.39, 0.29) is 11.9 Å². The van der Waals surface area contributed by atoms with Gasteiger partial charge < -0.3 is 9.73 Å². The number of furan rings is 1. The lowest BCUT2D eigenvalue weighted by molar-refractivity contribution is 0.0930. The van der Waals surface area contributed by atoms with Gasteiger partial charge in [0, 0.05) is 42.1 Å². The molecule has 0 saturated carbocycles. The van der Waals surface area contributed by atoms with Crippen LogP contribution >= 0.6 is 23.1 Å². The maximum atomic E-state index is 12.1. The van der Waals surface area contributed by atoms with Gasteiger partial charge in [0.15, 0.2) is 0 Å². The van der Waals surface area contributed by atoms with Gasteiger partial charge in [-0.2, -0.15) is 23.1 Å². The average Bonchev–Trinajstić information content (AvgIpc) is 3.22. The van der Waals surface area contributed by atoms with E-state index in [9.17, 15) is 4.79 Å². The third kappa shape index (κ3) is 3.70. The Morgan fingerprint density at radius 2 is 2.24 bits per heavy atom. The van der Waals surface area contributed by atoms with Crippen LogP contribution in [0.1, 0.15) is 22.2 Å². The monoisotopic (exact) mass is 322 g/mol. The normalized spacial score (nSPS) is 17.5. The lowest BCUT2D eigenvalue weighted by Crippen LogP contribution is -2.41. The summed E-state index contributed by atoms with van der Waals surface area (Å²) in [5.41, 5.74) is 0.729. The minimum Gasteiger partial charge on any atom is -0.468 e. The van der Waals surface area contributed by atoms with Gasteiger partial charge in [-0.25, -0.2) is 0 Å². The zero-order chi connectivity index (χ0) is 14.5. The number of rotatable bonds is 5. The summed E-state index contributed by atoms with van der Waals surface area (Å²) >= 11 is 3.51. The summed E-state index contributed by atoms with van der Waals surface area (Å²) in [4.78, 5) is 14.5. The van der Waals surface area contributed by atoms with Crippen molar-refractivity contribution in [1.29, 1.82) is 0 Å². The smallest absolute Gasteiger partial charge is 0.252 e. The number of nitrogens with one attached hydrogen (secondary N) is 1. The van der Waals surface area contributed by atoms with E-state index in [0.717, 1.165) is 35.9 Å². The Hall–Kier alpha value is -1.24. The van der Waals surface area contributed by atoms with Gasteiger partial charge in [0.1, 0.15) is 5.76 Å². The fourth-order valence-electron chi connectivity index (χ4n) is 2.46. The SMILES string of the molecule is O=C(NC[C@@H](c1ccco1)N1CCSCC1)c1ccsc1. The molecule has 4 nitrogen and oxygen atoms in total. The third-order valence-electron chi connectivity index (χ3n) is 3.60. The van der Waals surface area contributed by atoms with E-state index in [4.69, 9.17) is 4.42 Å². The van der Waals surface area contributed by atoms with Gasteiger partial charge in [-0.05, 0) is 23.6 Å². The van der Waals surface area contributed by atoms with Crippen LogP contribution < -0.4 is 5.32 Å². The number of nitrogens with zero attached hydrogens (tertiary/aromatic N) is 1. The van der Waals surface area contributed by atoms with Crippen molar-refractivity contribution in [3.8, 4) is 0 Å². The van der Waals surface area contributed by atoms with Crippen LogP contribution in [0, 0.1) is 0 Å². The molecule has 1 aliphatic rings. The molecular weight excluding hydrogens is 304 g/mol. The molecule has 3 heterocycles. The van der Waals surface area contributed by atoms with Crippen LogP contribution in [-0.2, 0) is 0 Å². The van der Waals surface area contributed by atoms with Gasteiger partial charge >= 0.3 is 0 Å². The fraction of sp³-hybridized carbons (Fsp3) is 0.400. The third-order valence-corrected chi connectivity index (χ3v) is 5.22. The predicted octanol–water partition coefficient (Wildman–Crippen LogP) is 2.86. The second-order valence-electron chi connectivity index (χ2n) is 4.90. The molecule has 1 aliphatic heterocycles. The molecule has 0 bridgehead atoms. The number of amides is 1. The van der Waals surface area contributed by atoms with Crippen LogP contribution in [0.15, 0.2) is 39.6 Å². The Bertz CT molecular complexity index is 548. The second-order valence-corrected chi connectivity index (χ2v) is 6.91. The highest BCUT2D eigenvalue weighted by molar-refractivity contribution is 7.99. The van der Waals surface area contributed by atoms with Crippen LogP contribution in [0.5, 0.6) is 0 Å². The first kappa shape index (κ1) is 14.7. The van der Waals surface area contributed by atoms with Crippen molar-refractivity contribution >= 4 is 29.0 Å². The number of hydrogen-bond acceptors (Lipinski definition) is 5. The quantitative estimate of drug-likeness (QED) is 0.919. The number of carbonyl (C=O) groups excluding carboxylic acids is 1. The standard InChI is InChI=1S/C15H18N2O2S2/c18-15(12-3-7-21-11-12)16-10-13(14-2-1-6-19-14)17-4-8-20-9-5-17/h1-3,6-7,11,13H,4-5,8-10H2,(H,16,18)/t13-/m0/s1. The zero-order valence-electron chi connectivity index (χ0n) is 11.7. The number of carbonyl (C=O) groups is 1. The summed E-state index contributed by atoms with van der Waals surface area (Å²) in [6.07, 6.45) is 1.70. The van der Waals surface area contributed by atoms with Crippen LogP contribution in [0.3, 0.4) is 0 Å². The number of thioether (sulfide) groups is 1. The molecule has 2 aromatic rings. The van der Waals surface area contributed by atoms with Crippen LogP contribution in [0.25, 0.3) is 0 Å². The summed E-state index contributed by atoms with van der Waals surface area (Å²) < 4.78 is 5.57. The minimum atomic E-state index is -0.0146. The van der Waals surface area contributed by atoms with E-state index in [0.29, 0.717) is 6.54 Å². The maximum Gasteiger partial charge on any atom is 0.252 e. The van der Waals surface area contributed by atoms with Crippen LogP contribution in [0.4, 0.5) is 0 Å². The first-order valence-corrected chi connectivity index (χ1v) is 9.10. The maximum absolute atomic E-state index is 12.1. The molecule has 1 amide bonds. The van der Waals surface area contributed by atoms with Crippen molar-refractivity contribution in [2.24, 2.45) is 0 Å². The molecule has 0 unspecified atom stereocenters. The summed E-state index contributed by atoms with van der Waals surface area (Å²) in [7, 11) is 0. The van der Waals surface area contributed by atoms with Gasteiger partial charge in [0.05, 0.1) is 12.3 Å². The molecule has 0 aliphatic carbocycles. The number of hydrogen-bond donors (Lipinski definition) is 1. The van der Waals surface area contributed by atoms with Crippen LogP contribution in [-0.4, -0.2) is 41.9 Å². The Balaban J connectivity index is 1.66. The molecule has 2 aromatic heterocycles. The number of thiophene rings is 1. The second kappa shape index (κ2) is 7.15. The highest BCUT2D eigenvalue weighted by Gasteiger charge is 2.25. The Morgan fingerprint density at radius 3 is 2.90 bits per heavy atom. The Labute approximate surface area is 132 Å². The van der Waals surface area contributed by atoms with E-state index in [1.165, 1.54) is 11.3 Å². The van der Waals surface area contributed by atoms with Gasteiger partial charge in [0.2, 0.25) is 0 Å². The van der Waals surface area contributed by atoms with Crippen LogP contribution in [0.2, 0.25) is 0 Å². The van der Waals surface area contributed by atoms with Crippen molar-refractivity contribution in [2.75, 3.05) is 31.1 Å². The predicted molar refractivity (Wildman–Crippen MR) is 87.0 cm³/mol. The van der Waals surface area contributed by atoms with Crippen molar-refractivity contribution < 1.29 is 9.21 Å². The summed E-state index contributed by atoms with van der Waals surface area (Å²) in [5.74, 6) is 3.18. The van der Waals surface area contributed by atoms with E-state index >= 15 is 0 Å². The summed E-state index contributed by atoms with van der Waals surface area (Å²) in [6.45, 7) is 2.64. The van der Waals surface area contributed by atoms with Crippen molar-refractivity contribution in [3.63, 3.8) is 0 Å². The molecule has 6 heteroatoms. The first-order chi connectivity index (χ1) is 10.3. The Morgan fingerprint density at radius 1 is 1.38 bits per heavy atom. The Kier molecular flexibility index (Phi) is 5.00. The largest absolute Gasteiger partial charge is 0.468 e. The molecular formula is C15H18N2O2S2. The lowest BCUT2D eigenvalue weighted by atomic mass is 10.1. The molecule has 3 rings (SSSR count). The fourth-order valence-corrected chi connectivity index (χ4v) is 4.03. The average molecular weight is 322 g/mol. The molecule has 0 radical (unpaired) electrons. The molecule has 0 aromatic carbocycles. The van der Waals surface area contributed by atoms with E-state index in [1.54, 1.807) is 6.26 Å². The van der Waals surface area contributed by atoms with E-state index in [1.807, 2.05) is 40.7 Å². The zero-order valence-corrected chi connectivity index (χ0v) is 13.3. The van der Waals surface area contributed by atoms with Gasteiger partial charge in [0.25, 0.3) is 5.91 Å². The van der Waals surface area contributed by atoms with Gasteiger partial charge in [-0.15, -0.1) is 0 Å². The molecule has 112 valence electrons. The first-order valence-electron chi connectivity index (χ1n) is 7.00. The molecule has 21 heavy (non-hydrogen) atoms. The van der Waals surface area contributed by atoms with Gasteiger partial charge in [-0.3, -0.25) is 9.69 Å². The van der Waals surface area contributed by atoms with Crippen molar-refractivity contribution in [2.45, 2.75) is 6.04 Å². The topological polar surface area (TPSA) is 45.5 Å². The molecule has 0 spiro atoms. The molecule has 1 saturated heterocycles. The van der Waals surface area contributed by atoms with Gasteiger partial charge in [-0.1, -0.05) is 0 Å². The van der Waals surface area contributed by atoms with Crippen molar-refractivity contribution in [1.82, 2.24) is 10.2 Å².